The molecule has 62 heavy (non-hydrogen) atoms. The lowest BCUT2D eigenvalue weighted by molar-refractivity contribution is -0.386. The third-order valence-electron chi connectivity index (χ3n) is 12.4. The molecular formula is C43H49NO18. The van der Waals surface area contributed by atoms with Crippen LogP contribution in [-0.4, -0.2) is 124 Å². The maximum atomic E-state index is 14.5. The van der Waals surface area contributed by atoms with Gasteiger partial charge >= 0.3 is 47.8 Å². The Morgan fingerprint density at radius 3 is 1.92 bits per heavy atom. The fourth-order valence-electron chi connectivity index (χ4n) is 9.83. The van der Waals surface area contributed by atoms with Crippen molar-refractivity contribution in [2.24, 2.45) is 17.3 Å². The molecule has 334 valence electrons. The van der Waals surface area contributed by atoms with Crippen molar-refractivity contribution >= 4 is 47.8 Å². The maximum Gasteiger partial charge on any atom is 0.340 e. The Kier molecular flexibility index (Phi) is 12.3. The Hall–Kier alpha value is -5.95. The summed E-state index contributed by atoms with van der Waals surface area (Å²) in [5, 5.41) is 13.6. The normalized spacial score (nSPS) is 36.0. The van der Waals surface area contributed by atoms with Gasteiger partial charge in [0.2, 0.25) is 0 Å². The molecule has 1 aromatic heterocycles. The number of pyridine rings is 1. The minimum atomic E-state index is -2.86. The molecule has 1 N–H and O–H groups in total. The van der Waals surface area contributed by atoms with Gasteiger partial charge in [0.05, 0.1) is 28.7 Å². The number of carbonyl (C=O) groups is 8. The van der Waals surface area contributed by atoms with Gasteiger partial charge in [0.1, 0.15) is 42.0 Å². The summed E-state index contributed by atoms with van der Waals surface area (Å²) in [5.41, 5.74) is -10.4. The van der Waals surface area contributed by atoms with Crippen LogP contribution in [0.15, 0.2) is 48.7 Å². The predicted octanol–water partition coefficient (Wildman–Crippen LogP) is 2.33. The Balaban J connectivity index is 1.80. The van der Waals surface area contributed by atoms with Gasteiger partial charge in [-0.15, -0.1) is 0 Å². The van der Waals surface area contributed by atoms with Crippen LogP contribution in [0.4, 0.5) is 0 Å². The molecule has 19 heteroatoms. The van der Waals surface area contributed by atoms with Gasteiger partial charge in [0.15, 0.2) is 30.0 Å². The Morgan fingerprint density at radius 1 is 0.742 bits per heavy atom. The van der Waals surface area contributed by atoms with Crippen molar-refractivity contribution in [1.29, 1.82) is 0 Å². The molecule has 3 fully saturated rings. The molecule has 6 rings (SSSR count). The van der Waals surface area contributed by atoms with Gasteiger partial charge in [0, 0.05) is 46.7 Å². The number of carbonyl (C=O) groups excluding carboxylic acids is 8. The topological polar surface area (TPSA) is 253 Å². The molecule has 1 saturated heterocycles. The smallest absolute Gasteiger partial charge is 0.340 e. The summed E-state index contributed by atoms with van der Waals surface area (Å²) in [6.45, 7) is 8.67. The van der Waals surface area contributed by atoms with E-state index in [1.807, 2.05) is 0 Å². The van der Waals surface area contributed by atoms with Crippen molar-refractivity contribution in [2.45, 2.75) is 122 Å². The van der Waals surface area contributed by atoms with E-state index in [0.29, 0.717) is 0 Å². The minimum Gasteiger partial charge on any atom is -0.465 e. The SMILES string of the molecule is CC(=O)OCC12C(OC(=O)c3ccccc3)C(OC(C)=O)C3C(OC(C)=O)C14OC3(C)COC(=O)c1cccnc1C(C)C(C)C(=O)OC(C(OC(C)=O)C2OC(C)=O)C4(C)O. The number of ether oxygens (including phenoxy) is 9. The van der Waals surface area contributed by atoms with Crippen molar-refractivity contribution in [3.05, 3.63) is 65.5 Å². The van der Waals surface area contributed by atoms with E-state index >= 15 is 0 Å². The van der Waals surface area contributed by atoms with Crippen LogP contribution in [0.2, 0.25) is 0 Å². The van der Waals surface area contributed by atoms with E-state index < -0.39 is 138 Å². The number of rotatable bonds is 8. The first kappa shape index (κ1) is 45.6. The molecule has 2 aliphatic heterocycles. The predicted molar refractivity (Wildman–Crippen MR) is 205 cm³/mol. The second-order valence-corrected chi connectivity index (χ2v) is 16.5. The largest absolute Gasteiger partial charge is 0.465 e. The molecule has 1 aromatic carbocycles. The van der Waals surface area contributed by atoms with E-state index in [1.165, 1.54) is 56.4 Å². The van der Waals surface area contributed by atoms with Gasteiger partial charge in [-0.1, -0.05) is 32.0 Å². The summed E-state index contributed by atoms with van der Waals surface area (Å²) < 4.78 is 55.4. The average Bonchev–Trinajstić information content (AvgIpc) is 3.42. The fraction of sp³-hybridized carbons (Fsp3) is 0.558. The lowest BCUT2D eigenvalue weighted by Crippen LogP contribution is -2.89. The standard InChI is InChI=1S/C43H49NO18/c1-20-21(2)37(50)60-34-32(57-24(5)47)36(59-26(7)49)42(19-54-22(3)45)35(61-38(51)27-14-11-10-12-15-27)31(56-23(4)46)29-33(58-25(6)48)43(42,41(34,9)53)62-40(29,8)18-55-39(52)28-16-13-17-44-30(20)28/h10-17,20-21,29,31-36,53H,18-19H2,1-9H3. The molecule has 19 nitrogen and oxygen atoms in total. The highest BCUT2D eigenvalue weighted by molar-refractivity contribution is 5.91. The molecule has 2 saturated carbocycles. The van der Waals surface area contributed by atoms with E-state index in [0.717, 1.165) is 41.5 Å². The number of fused-ring (bicyclic) bond motifs is 5. The first-order valence-electron chi connectivity index (χ1n) is 19.9. The molecule has 0 radical (unpaired) electrons. The summed E-state index contributed by atoms with van der Waals surface area (Å²) in [5.74, 6) is -11.8. The van der Waals surface area contributed by atoms with Gasteiger partial charge in [-0.2, -0.15) is 0 Å². The molecule has 1 spiro atoms. The van der Waals surface area contributed by atoms with E-state index in [-0.39, 0.29) is 16.8 Å². The van der Waals surface area contributed by atoms with Crippen LogP contribution in [0.3, 0.4) is 0 Å². The zero-order chi connectivity index (χ0) is 45.7. The third kappa shape index (κ3) is 7.43. The molecule has 13 unspecified atom stereocenters. The number of hydrogen-bond acceptors (Lipinski definition) is 19. The highest BCUT2D eigenvalue weighted by Crippen LogP contribution is 2.70. The van der Waals surface area contributed by atoms with Crippen LogP contribution in [0.25, 0.3) is 0 Å². The third-order valence-corrected chi connectivity index (χ3v) is 12.4. The Bertz CT molecular complexity index is 2160. The van der Waals surface area contributed by atoms with E-state index in [1.54, 1.807) is 13.0 Å². The number of aliphatic hydroxyl groups is 1. The zero-order valence-electron chi connectivity index (χ0n) is 35.6. The Morgan fingerprint density at radius 2 is 1.32 bits per heavy atom. The van der Waals surface area contributed by atoms with Crippen molar-refractivity contribution in [2.75, 3.05) is 13.2 Å². The first-order valence-corrected chi connectivity index (χ1v) is 19.9. The molecule has 4 aliphatic rings. The van der Waals surface area contributed by atoms with Crippen LogP contribution >= 0.6 is 0 Å². The lowest BCUT2D eigenvalue weighted by Gasteiger charge is -2.67. The highest BCUT2D eigenvalue weighted by Gasteiger charge is 2.92. The second kappa shape index (κ2) is 16.7. The average molecular weight is 868 g/mol. The van der Waals surface area contributed by atoms with E-state index in [4.69, 9.17) is 42.6 Å². The van der Waals surface area contributed by atoms with Crippen molar-refractivity contribution in [3.63, 3.8) is 0 Å². The summed E-state index contributed by atoms with van der Waals surface area (Å²) in [7, 11) is 0. The van der Waals surface area contributed by atoms with Crippen molar-refractivity contribution < 1.29 is 86.1 Å². The molecule has 0 amide bonds. The first-order chi connectivity index (χ1) is 29.0. The van der Waals surface area contributed by atoms with Gasteiger partial charge in [-0.05, 0) is 38.1 Å². The monoisotopic (exact) mass is 867 g/mol. The quantitative estimate of drug-likeness (QED) is 0.295. The molecule has 13 atom stereocenters. The zero-order valence-corrected chi connectivity index (χ0v) is 35.6. The van der Waals surface area contributed by atoms with Gasteiger partial charge in [-0.3, -0.25) is 33.8 Å². The summed E-state index contributed by atoms with van der Waals surface area (Å²) in [6, 6.07) is 10.4. The Labute approximate surface area is 355 Å². The van der Waals surface area contributed by atoms with Crippen LogP contribution < -0.4 is 0 Å². The van der Waals surface area contributed by atoms with E-state index in [9.17, 15) is 43.5 Å². The van der Waals surface area contributed by atoms with E-state index in [2.05, 4.69) is 4.98 Å². The molecule has 2 aliphatic carbocycles. The molecule has 3 heterocycles. The van der Waals surface area contributed by atoms with Crippen LogP contribution in [0.1, 0.15) is 94.6 Å². The van der Waals surface area contributed by atoms with Crippen molar-refractivity contribution in [3.8, 4) is 0 Å². The number of benzene rings is 1. The number of cyclic esters (lactones) is 1. The second-order valence-electron chi connectivity index (χ2n) is 16.5. The van der Waals surface area contributed by atoms with Crippen LogP contribution in [0.5, 0.6) is 0 Å². The number of hydrogen-bond donors (Lipinski definition) is 1. The van der Waals surface area contributed by atoms with Gasteiger partial charge < -0.3 is 47.7 Å². The maximum absolute atomic E-state index is 14.5. The number of esters is 8. The van der Waals surface area contributed by atoms with Gasteiger partial charge in [-0.25, -0.2) is 9.59 Å². The summed E-state index contributed by atoms with van der Waals surface area (Å²) in [4.78, 5) is 114. The molecular weight excluding hydrogens is 818 g/mol. The number of nitrogens with zero attached hydrogens (tertiary/aromatic N) is 1. The fourth-order valence-corrected chi connectivity index (χ4v) is 9.83. The molecule has 4 bridgehead atoms. The lowest BCUT2D eigenvalue weighted by atomic mass is 9.45. The van der Waals surface area contributed by atoms with Crippen LogP contribution in [-0.2, 0) is 71.4 Å². The van der Waals surface area contributed by atoms with Gasteiger partial charge in [0.25, 0.3) is 0 Å². The summed E-state index contributed by atoms with van der Waals surface area (Å²) >= 11 is 0. The number of aromatic nitrogens is 1. The van der Waals surface area contributed by atoms with Crippen LogP contribution in [0, 0.1) is 17.3 Å². The highest BCUT2D eigenvalue weighted by atomic mass is 16.7. The minimum absolute atomic E-state index is 0.0497. The summed E-state index contributed by atoms with van der Waals surface area (Å²) in [6.07, 6.45) is -10.8. The molecule has 2 aromatic rings. The van der Waals surface area contributed by atoms with Crippen molar-refractivity contribution in [1.82, 2.24) is 4.98 Å².